The zero-order valence-corrected chi connectivity index (χ0v) is 53.2. The van der Waals surface area contributed by atoms with Crippen LogP contribution in [0.3, 0.4) is 0 Å². The van der Waals surface area contributed by atoms with Crippen LogP contribution in [0.2, 0.25) is 0 Å². The summed E-state index contributed by atoms with van der Waals surface area (Å²) in [6.07, 6.45) is 34.9. The lowest BCUT2D eigenvalue weighted by Crippen LogP contribution is -2.30. The molecule has 0 aromatic carbocycles. The molecule has 0 saturated heterocycles. The molecule has 0 aliphatic rings. The van der Waals surface area contributed by atoms with Gasteiger partial charge in [-0.05, 0) is 37.5 Å². The molecule has 0 bridgehead atoms. The van der Waals surface area contributed by atoms with E-state index in [1.807, 2.05) is 0 Å². The lowest BCUT2D eigenvalue weighted by Gasteiger charge is -2.21. The van der Waals surface area contributed by atoms with Gasteiger partial charge >= 0.3 is 39.5 Å². The number of aliphatic hydroxyl groups is 1. The van der Waals surface area contributed by atoms with Crippen LogP contribution in [0, 0.1) is 11.8 Å². The van der Waals surface area contributed by atoms with Gasteiger partial charge in [0.05, 0.1) is 26.4 Å². The molecule has 0 radical (unpaired) electrons. The van der Waals surface area contributed by atoms with Crippen LogP contribution in [0.25, 0.3) is 0 Å². The minimum atomic E-state index is -4.94. The van der Waals surface area contributed by atoms with E-state index >= 15 is 0 Å². The Kier molecular flexibility index (Phi) is 52.5. The van der Waals surface area contributed by atoms with Gasteiger partial charge in [0, 0.05) is 25.7 Å². The molecular weight excluding hydrogens is 1070 g/mol. The van der Waals surface area contributed by atoms with Crippen LogP contribution in [0.4, 0.5) is 0 Å². The van der Waals surface area contributed by atoms with E-state index in [2.05, 4.69) is 41.5 Å². The molecule has 2 unspecified atom stereocenters. The molecule has 0 heterocycles. The standard InChI is InChI=1S/C61H118O17P2/c1-7-9-11-13-15-17-20-26-33-39-45-60(65)77-56(49-71-58(63)43-37-31-25-16-14-12-10-8-2)51-75-79(67,68)73-47-55(62)48-74-80(69,70)76-52-57(50-72-59(64)44-38-32-28-22-24-30-36-42-54(5)6)78-61(66)46-40-34-27-21-18-19-23-29-35-41-53(3)4/h53-57,62H,7-52H2,1-6H3,(H,67,68)(H,69,70)/t55-,56+,57+/m0/s1. The average molecular weight is 1190 g/mol. The number of hydrogen-bond donors (Lipinski definition) is 3. The molecule has 0 amide bonds. The van der Waals surface area contributed by atoms with Crippen molar-refractivity contribution in [2.45, 2.75) is 317 Å². The van der Waals surface area contributed by atoms with E-state index in [1.165, 1.54) is 103 Å². The van der Waals surface area contributed by atoms with Crippen molar-refractivity contribution in [3.05, 3.63) is 0 Å². The highest BCUT2D eigenvalue weighted by Gasteiger charge is 2.30. The second kappa shape index (κ2) is 53.8. The summed E-state index contributed by atoms with van der Waals surface area (Å²) in [5.74, 6) is -0.700. The van der Waals surface area contributed by atoms with Crippen LogP contribution in [0.1, 0.15) is 298 Å². The lowest BCUT2D eigenvalue weighted by molar-refractivity contribution is -0.161. The molecule has 0 fully saturated rings. The van der Waals surface area contributed by atoms with Crippen molar-refractivity contribution in [3.63, 3.8) is 0 Å². The fraction of sp³-hybridized carbons (Fsp3) is 0.934. The maximum absolute atomic E-state index is 12.9. The first-order chi connectivity index (χ1) is 38.4. The van der Waals surface area contributed by atoms with Crippen LogP contribution < -0.4 is 0 Å². The molecule has 474 valence electrons. The van der Waals surface area contributed by atoms with Gasteiger partial charge in [-0.3, -0.25) is 37.3 Å². The van der Waals surface area contributed by atoms with E-state index in [-0.39, 0.29) is 25.7 Å². The summed E-state index contributed by atoms with van der Waals surface area (Å²) >= 11 is 0. The van der Waals surface area contributed by atoms with Gasteiger partial charge in [0.15, 0.2) is 12.2 Å². The van der Waals surface area contributed by atoms with E-state index in [4.69, 9.17) is 37.0 Å². The van der Waals surface area contributed by atoms with E-state index in [9.17, 15) is 43.2 Å². The Labute approximate surface area is 486 Å². The van der Waals surface area contributed by atoms with Crippen molar-refractivity contribution in [3.8, 4) is 0 Å². The van der Waals surface area contributed by atoms with Crippen molar-refractivity contribution in [1.29, 1.82) is 0 Å². The fourth-order valence-corrected chi connectivity index (χ4v) is 10.6. The number of carbonyl (C=O) groups is 4. The van der Waals surface area contributed by atoms with Gasteiger partial charge in [0.25, 0.3) is 0 Å². The van der Waals surface area contributed by atoms with E-state index < -0.39 is 97.5 Å². The van der Waals surface area contributed by atoms with E-state index in [0.717, 1.165) is 109 Å². The maximum atomic E-state index is 12.9. The molecule has 80 heavy (non-hydrogen) atoms. The Bertz CT molecular complexity index is 1580. The number of phosphoric ester groups is 2. The highest BCUT2D eigenvalue weighted by molar-refractivity contribution is 7.47. The Morgan fingerprint density at radius 3 is 0.850 bits per heavy atom. The summed E-state index contributed by atoms with van der Waals surface area (Å²) in [5, 5.41) is 10.5. The third-order valence-electron chi connectivity index (χ3n) is 14.0. The Hall–Kier alpha value is -1.94. The largest absolute Gasteiger partial charge is 0.472 e. The number of esters is 4. The first kappa shape index (κ1) is 78.1. The quantitative estimate of drug-likeness (QED) is 0.0222. The SMILES string of the molecule is CCCCCCCCCCCCC(=O)O[C@H](COC(=O)CCCCCCCCCC)COP(=O)(O)OC[C@H](O)COP(=O)(O)OC[C@@H](COC(=O)CCCCCCCCCC(C)C)OC(=O)CCCCCCCCCCCC(C)C. The van der Waals surface area contributed by atoms with Crippen LogP contribution in [0.5, 0.6) is 0 Å². The number of ether oxygens (including phenoxy) is 4. The highest BCUT2D eigenvalue weighted by Crippen LogP contribution is 2.45. The predicted octanol–water partition coefficient (Wildman–Crippen LogP) is 16.5. The molecular formula is C61H118O17P2. The maximum Gasteiger partial charge on any atom is 0.472 e. The minimum Gasteiger partial charge on any atom is -0.462 e. The molecule has 17 nitrogen and oxygen atoms in total. The third-order valence-corrected chi connectivity index (χ3v) is 15.9. The van der Waals surface area contributed by atoms with Crippen molar-refractivity contribution >= 4 is 39.5 Å². The van der Waals surface area contributed by atoms with Crippen molar-refractivity contribution in [2.24, 2.45) is 11.8 Å². The Morgan fingerprint density at radius 1 is 0.338 bits per heavy atom. The molecule has 0 saturated carbocycles. The van der Waals surface area contributed by atoms with E-state index in [1.54, 1.807) is 0 Å². The van der Waals surface area contributed by atoms with Gasteiger partial charge in [0.1, 0.15) is 19.3 Å². The summed E-state index contributed by atoms with van der Waals surface area (Å²) < 4.78 is 67.8. The minimum absolute atomic E-state index is 0.104. The molecule has 0 aromatic heterocycles. The first-order valence-corrected chi connectivity index (χ1v) is 35.0. The molecule has 0 rings (SSSR count). The average Bonchev–Trinajstić information content (AvgIpc) is 3.41. The summed E-state index contributed by atoms with van der Waals surface area (Å²) in [4.78, 5) is 72.0. The zero-order chi connectivity index (χ0) is 59.4. The normalized spacial score (nSPS) is 14.4. The number of carbonyl (C=O) groups excluding carboxylic acids is 4. The predicted molar refractivity (Wildman–Crippen MR) is 317 cm³/mol. The smallest absolute Gasteiger partial charge is 0.462 e. The van der Waals surface area contributed by atoms with Gasteiger partial charge in [-0.1, -0.05) is 247 Å². The second-order valence-corrected chi connectivity index (χ2v) is 25.9. The van der Waals surface area contributed by atoms with Gasteiger partial charge < -0.3 is 33.8 Å². The number of unbranched alkanes of at least 4 members (excludes halogenated alkanes) is 30. The number of aliphatic hydroxyl groups excluding tert-OH is 1. The molecule has 3 N–H and O–H groups in total. The molecule has 5 atom stereocenters. The summed E-state index contributed by atoms with van der Waals surface area (Å²) in [7, 11) is -9.88. The van der Waals surface area contributed by atoms with Gasteiger partial charge in [-0.2, -0.15) is 0 Å². The molecule has 0 aliphatic carbocycles. The number of phosphoric acid groups is 2. The Morgan fingerprint density at radius 2 is 0.575 bits per heavy atom. The topological polar surface area (TPSA) is 237 Å². The monoisotopic (exact) mass is 1180 g/mol. The molecule has 0 aliphatic heterocycles. The summed E-state index contributed by atoms with van der Waals surface area (Å²) in [6.45, 7) is 9.36. The number of rotatable bonds is 60. The Balaban J connectivity index is 5.23. The molecule has 0 aromatic rings. The lowest BCUT2D eigenvalue weighted by atomic mass is 10.0. The molecule has 19 heteroatoms. The first-order valence-electron chi connectivity index (χ1n) is 32.0. The highest BCUT2D eigenvalue weighted by atomic mass is 31.2. The van der Waals surface area contributed by atoms with Crippen LogP contribution in [-0.2, 0) is 65.4 Å². The molecule has 0 spiro atoms. The third kappa shape index (κ3) is 55.3. The summed E-state index contributed by atoms with van der Waals surface area (Å²) in [6, 6.07) is 0. The van der Waals surface area contributed by atoms with Gasteiger partial charge in [-0.25, -0.2) is 9.13 Å². The van der Waals surface area contributed by atoms with Gasteiger partial charge in [0.2, 0.25) is 0 Å². The fourth-order valence-electron chi connectivity index (χ4n) is 9.00. The van der Waals surface area contributed by atoms with Crippen molar-refractivity contribution < 1.29 is 80.2 Å². The van der Waals surface area contributed by atoms with Crippen LogP contribution in [0.15, 0.2) is 0 Å². The van der Waals surface area contributed by atoms with Crippen molar-refractivity contribution in [1.82, 2.24) is 0 Å². The van der Waals surface area contributed by atoms with Gasteiger partial charge in [-0.15, -0.1) is 0 Å². The van der Waals surface area contributed by atoms with Crippen LogP contribution >= 0.6 is 15.6 Å². The van der Waals surface area contributed by atoms with Crippen molar-refractivity contribution in [2.75, 3.05) is 39.6 Å². The number of hydrogen-bond acceptors (Lipinski definition) is 15. The zero-order valence-electron chi connectivity index (χ0n) is 51.4. The van der Waals surface area contributed by atoms with E-state index in [0.29, 0.717) is 31.6 Å². The second-order valence-electron chi connectivity index (χ2n) is 23.0. The summed E-state index contributed by atoms with van der Waals surface area (Å²) in [5.41, 5.74) is 0. The van der Waals surface area contributed by atoms with Crippen LogP contribution in [-0.4, -0.2) is 96.7 Å².